The predicted molar refractivity (Wildman–Crippen MR) is 74.3 cm³/mol. The van der Waals surface area contributed by atoms with Crippen molar-refractivity contribution in [3.05, 3.63) is 60.2 Å². The van der Waals surface area contributed by atoms with Crippen molar-refractivity contribution in [2.45, 2.75) is 6.92 Å². The van der Waals surface area contributed by atoms with Gasteiger partial charge in [-0.1, -0.05) is 36.4 Å². The van der Waals surface area contributed by atoms with Crippen LogP contribution in [0.1, 0.15) is 12.5 Å². The van der Waals surface area contributed by atoms with Gasteiger partial charge < -0.3 is 5.32 Å². The summed E-state index contributed by atoms with van der Waals surface area (Å²) in [5, 5.41) is 3.32. The molecule has 0 atom stereocenters. The average Bonchev–Trinajstić information content (AvgIpc) is 2.39. The third-order valence-corrected chi connectivity index (χ3v) is 2.44. The number of rotatable bonds is 4. The summed E-state index contributed by atoms with van der Waals surface area (Å²) in [6, 6.07) is 18.1. The average molecular weight is 224 g/mol. The highest BCUT2D eigenvalue weighted by Crippen LogP contribution is 2.15. The molecular formula is C15H16N2. The molecule has 0 aliphatic rings. The van der Waals surface area contributed by atoms with E-state index in [1.807, 2.05) is 48.7 Å². The van der Waals surface area contributed by atoms with Crippen LogP contribution in [0.4, 0.5) is 11.4 Å². The number of hydrogen-bond donors (Lipinski definition) is 1. The van der Waals surface area contributed by atoms with Crippen LogP contribution in [0.2, 0.25) is 0 Å². The first-order valence-electron chi connectivity index (χ1n) is 5.82. The van der Waals surface area contributed by atoms with E-state index in [1.54, 1.807) is 0 Å². The largest absolute Gasteiger partial charge is 0.385 e. The molecule has 0 aromatic heterocycles. The number of benzene rings is 2. The summed E-state index contributed by atoms with van der Waals surface area (Å²) in [4.78, 5) is 4.45. The Hall–Kier alpha value is -2.09. The topological polar surface area (TPSA) is 24.4 Å². The molecule has 0 radical (unpaired) electrons. The fourth-order valence-electron chi connectivity index (χ4n) is 1.62. The third-order valence-electron chi connectivity index (χ3n) is 2.44. The lowest BCUT2D eigenvalue weighted by atomic mass is 10.2. The van der Waals surface area contributed by atoms with Crippen LogP contribution in [0.5, 0.6) is 0 Å². The lowest BCUT2D eigenvalue weighted by molar-refractivity contribution is 1.21. The summed E-state index contributed by atoms with van der Waals surface area (Å²) < 4.78 is 0. The Morgan fingerprint density at radius 1 is 1.00 bits per heavy atom. The molecule has 0 aliphatic carbocycles. The normalized spacial score (nSPS) is 10.6. The summed E-state index contributed by atoms with van der Waals surface area (Å²) in [7, 11) is 0. The summed E-state index contributed by atoms with van der Waals surface area (Å²) in [6.07, 6.45) is 1.90. The van der Waals surface area contributed by atoms with Gasteiger partial charge in [-0.3, -0.25) is 4.99 Å². The highest BCUT2D eigenvalue weighted by Gasteiger charge is 1.96. The first-order valence-corrected chi connectivity index (χ1v) is 5.82. The first-order chi connectivity index (χ1) is 8.40. The van der Waals surface area contributed by atoms with E-state index in [4.69, 9.17) is 0 Å². The van der Waals surface area contributed by atoms with Gasteiger partial charge >= 0.3 is 0 Å². The highest BCUT2D eigenvalue weighted by atomic mass is 14.9. The molecule has 0 amide bonds. The Bertz CT molecular complexity index is 489. The van der Waals surface area contributed by atoms with Crippen molar-refractivity contribution in [3.63, 3.8) is 0 Å². The van der Waals surface area contributed by atoms with Crippen LogP contribution in [0.25, 0.3) is 0 Å². The highest BCUT2D eigenvalue weighted by molar-refractivity contribution is 5.89. The van der Waals surface area contributed by atoms with Crippen LogP contribution in [-0.2, 0) is 0 Å². The number of anilines is 1. The molecule has 0 unspecified atom stereocenters. The van der Waals surface area contributed by atoms with E-state index in [2.05, 4.69) is 29.4 Å². The molecule has 2 nitrogen and oxygen atoms in total. The van der Waals surface area contributed by atoms with Gasteiger partial charge in [-0.05, 0) is 25.1 Å². The van der Waals surface area contributed by atoms with Crippen molar-refractivity contribution in [3.8, 4) is 0 Å². The van der Waals surface area contributed by atoms with Crippen LogP contribution < -0.4 is 5.32 Å². The van der Waals surface area contributed by atoms with Crippen molar-refractivity contribution < 1.29 is 0 Å². The smallest absolute Gasteiger partial charge is 0.0629 e. The SMILES string of the molecule is CCNc1ccccc1C=Nc1ccccc1. The zero-order valence-electron chi connectivity index (χ0n) is 9.93. The van der Waals surface area contributed by atoms with Crippen molar-refractivity contribution in [1.82, 2.24) is 0 Å². The summed E-state index contributed by atoms with van der Waals surface area (Å²) in [5.74, 6) is 0. The van der Waals surface area contributed by atoms with Crippen LogP contribution in [0.3, 0.4) is 0 Å². The van der Waals surface area contributed by atoms with Crippen LogP contribution in [0, 0.1) is 0 Å². The molecule has 0 bridgehead atoms. The van der Waals surface area contributed by atoms with Crippen molar-refractivity contribution in [2.24, 2.45) is 4.99 Å². The van der Waals surface area contributed by atoms with Gasteiger partial charge in [-0.25, -0.2) is 0 Å². The molecule has 1 N–H and O–H groups in total. The molecular weight excluding hydrogens is 208 g/mol. The number of hydrogen-bond acceptors (Lipinski definition) is 2. The molecule has 0 heterocycles. The Morgan fingerprint density at radius 2 is 1.71 bits per heavy atom. The zero-order chi connectivity index (χ0) is 11.9. The second-order valence-electron chi connectivity index (χ2n) is 3.71. The van der Waals surface area contributed by atoms with Gasteiger partial charge in [-0.15, -0.1) is 0 Å². The molecule has 0 aliphatic heterocycles. The van der Waals surface area contributed by atoms with E-state index in [1.165, 1.54) is 0 Å². The molecule has 0 spiro atoms. The summed E-state index contributed by atoms with van der Waals surface area (Å²) in [5.41, 5.74) is 3.20. The number of nitrogens with zero attached hydrogens (tertiary/aromatic N) is 1. The minimum absolute atomic E-state index is 0.913. The van der Waals surface area contributed by atoms with E-state index >= 15 is 0 Å². The lowest BCUT2D eigenvalue weighted by Gasteiger charge is -2.06. The molecule has 0 fully saturated rings. The molecule has 2 aromatic carbocycles. The molecule has 2 rings (SSSR count). The summed E-state index contributed by atoms with van der Waals surface area (Å²) >= 11 is 0. The Kier molecular flexibility index (Phi) is 3.92. The molecule has 0 saturated carbocycles. The minimum atomic E-state index is 0.913. The van der Waals surface area contributed by atoms with Crippen molar-refractivity contribution in [2.75, 3.05) is 11.9 Å². The third kappa shape index (κ3) is 3.18. The predicted octanol–water partition coefficient (Wildman–Crippen LogP) is 3.87. The monoisotopic (exact) mass is 224 g/mol. The second-order valence-corrected chi connectivity index (χ2v) is 3.71. The van der Waals surface area contributed by atoms with Crippen molar-refractivity contribution >= 4 is 17.6 Å². The lowest BCUT2D eigenvalue weighted by Crippen LogP contribution is -1.99. The van der Waals surface area contributed by atoms with Crippen LogP contribution in [0.15, 0.2) is 59.6 Å². The van der Waals surface area contributed by atoms with E-state index in [0.717, 1.165) is 23.5 Å². The summed E-state index contributed by atoms with van der Waals surface area (Å²) in [6.45, 7) is 3.00. The van der Waals surface area contributed by atoms with Gasteiger partial charge in [0, 0.05) is 24.0 Å². The van der Waals surface area contributed by atoms with Crippen LogP contribution in [-0.4, -0.2) is 12.8 Å². The number of para-hydroxylation sites is 2. The van der Waals surface area contributed by atoms with Gasteiger partial charge in [-0.2, -0.15) is 0 Å². The fourth-order valence-corrected chi connectivity index (χ4v) is 1.62. The Balaban J connectivity index is 2.21. The Morgan fingerprint density at radius 3 is 2.47 bits per heavy atom. The molecule has 17 heavy (non-hydrogen) atoms. The van der Waals surface area contributed by atoms with Gasteiger partial charge in [0.2, 0.25) is 0 Å². The number of aliphatic imine (C=N–C) groups is 1. The van der Waals surface area contributed by atoms with E-state index in [-0.39, 0.29) is 0 Å². The van der Waals surface area contributed by atoms with E-state index < -0.39 is 0 Å². The second kappa shape index (κ2) is 5.85. The molecule has 86 valence electrons. The number of nitrogens with one attached hydrogen (secondary N) is 1. The molecule has 2 heteroatoms. The quantitative estimate of drug-likeness (QED) is 0.783. The van der Waals surface area contributed by atoms with E-state index in [0.29, 0.717) is 0 Å². The zero-order valence-corrected chi connectivity index (χ0v) is 9.93. The van der Waals surface area contributed by atoms with Gasteiger partial charge in [0.15, 0.2) is 0 Å². The van der Waals surface area contributed by atoms with Crippen LogP contribution >= 0.6 is 0 Å². The maximum Gasteiger partial charge on any atom is 0.0629 e. The fraction of sp³-hybridized carbons (Fsp3) is 0.133. The standard InChI is InChI=1S/C15H16N2/c1-2-16-15-11-7-6-8-13(15)12-17-14-9-4-3-5-10-14/h3-12,16H,2H2,1H3. The van der Waals surface area contributed by atoms with Gasteiger partial charge in [0.1, 0.15) is 0 Å². The maximum absolute atomic E-state index is 4.45. The molecule has 2 aromatic rings. The van der Waals surface area contributed by atoms with E-state index in [9.17, 15) is 0 Å². The molecule has 0 saturated heterocycles. The van der Waals surface area contributed by atoms with Gasteiger partial charge in [0.05, 0.1) is 5.69 Å². The van der Waals surface area contributed by atoms with Gasteiger partial charge in [0.25, 0.3) is 0 Å². The minimum Gasteiger partial charge on any atom is -0.385 e. The first kappa shape index (κ1) is 11.4. The van der Waals surface area contributed by atoms with Crippen molar-refractivity contribution in [1.29, 1.82) is 0 Å². The Labute approximate surface area is 102 Å². The maximum atomic E-state index is 4.45.